The van der Waals surface area contributed by atoms with E-state index in [-0.39, 0.29) is 16.1 Å². The maximum atomic E-state index is 12.0. The van der Waals surface area contributed by atoms with Crippen LogP contribution in [0.25, 0.3) is 11.1 Å². The van der Waals surface area contributed by atoms with Gasteiger partial charge in [0, 0.05) is 12.6 Å². The molecule has 0 saturated heterocycles. The molecule has 3 rings (SSSR count). The van der Waals surface area contributed by atoms with Crippen LogP contribution in [0.1, 0.15) is 17.3 Å². The number of hydrogen-bond donors (Lipinski definition) is 2. The average molecular weight is 417 g/mol. The Bertz CT molecular complexity index is 1180. The number of nitrogens with zero attached hydrogens (tertiary/aromatic N) is 1. The fourth-order valence-corrected chi connectivity index (χ4v) is 3.35. The lowest BCUT2D eigenvalue weighted by molar-refractivity contribution is -0.119. The standard InChI is InChI=1S/C18H15N3O7S/c1-11(22)21-29(25,26)14-5-3-13(4-6-14)20-17(23)9-27-18(24)12-2-7-16-15(8-12)19-10-28-16/h2-8,10H,9H2,1H3,(H,20,23)(H,21,22). The number of sulfonamides is 1. The highest BCUT2D eigenvalue weighted by molar-refractivity contribution is 7.90. The minimum Gasteiger partial charge on any atom is -0.452 e. The van der Waals surface area contributed by atoms with Gasteiger partial charge in [-0.25, -0.2) is 22.9 Å². The number of aromatic nitrogens is 1. The average Bonchev–Trinajstić information content (AvgIpc) is 3.13. The summed E-state index contributed by atoms with van der Waals surface area (Å²) in [5.41, 5.74) is 1.50. The number of oxazole rings is 1. The lowest BCUT2D eigenvalue weighted by Crippen LogP contribution is -2.28. The first-order valence-corrected chi connectivity index (χ1v) is 9.66. The summed E-state index contributed by atoms with van der Waals surface area (Å²) >= 11 is 0. The fraction of sp³-hybridized carbons (Fsp3) is 0.111. The summed E-state index contributed by atoms with van der Waals surface area (Å²) < 4.78 is 35.6. The first-order valence-electron chi connectivity index (χ1n) is 8.18. The summed E-state index contributed by atoms with van der Waals surface area (Å²) in [7, 11) is -3.96. The molecule has 0 radical (unpaired) electrons. The molecular weight excluding hydrogens is 402 g/mol. The monoisotopic (exact) mass is 417 g/mol. The normalized spacial score (nSPS) is 11.1. The second kappa shape index (κ2) is 8.10. The number of amides is 2. The Labute approximate surface area is 164 Å². The largest absolute Gasteiger partial charge is 0.452 e. The molecule has 2 aromatic carbocycles. The lowest BCUT2D eigenvalue weighted by Gasteiger charge is -2.08. The number of fused-ring (bicyclic) bond motifs is 1. The molecule has 10 nitrogen and oxygen atoms in total. The van der Waals surface area contributed by atoms with Crippen LogP contribution >= 0.6 is 0 Å². The second-order valence-corrected chi connectivity index (χ2v) is 7.53. The van der Waals surface area contributed by atoms with Gasteiger partial charge < -0.3 is 14.5 Å². The zero-order chi connectivity index (χ0) is 21.0. The Morgan fingerprint density at radius 1 is 1.10 bits per heavy atom. The highest BCUT2D eigenvalue weighted by Gasteiger charge is 2.16. The first kappa shape index (κ1) is 20.0. The van der Waals surface area contributed by atoms with Crippen molar-refractivity contribution in [1.29, 1.82) is 0 Å². The molecule has 1 aromatic heterocycles. The van der Waals surface area contributed by atoms with Crippen molar-refractivity contribution < 1.29 is 32.0 Å². The molecule has 0 aliphatic carbocycles. The third-order valence-electron chi connectivity index (χ3n) is 3.63. The third kappa shape index (κ3) is 4.96. The SMILES string of the molecule is CC(=O)NS(=O)(=O)c1ccc(NC(=O)COC(=O)c2ccc3ocnc3c2)cc1. The van der Waals surface area contributed by atoms with Crippen molar-refractivity contribution in [3.63, 3.8) is 0 Å². The molecule has 11 heteroatoms. The molecule has 0 aliphatic heterocycles. The van der Waals surface area contributed by atoms with E-state index in [1.807, 2.05) is 4.72 Å². The van der Waals surface area contributed by atoms with Crippen molar-refractivity contribution in [3.05, 3.63) is 54.4 Å². The number of benzene rings is 2. The van der Waals surface area contributed by atoms with Gasteiger partial charge in [0.25, 0.3) is 15.9 Å². The van der Waals surface area contributed by atoms with Gasteiger partial charge >= 0.3 is 5.97 Å². The molecule has 2 N–H and O–H groups in total. The summed E-state index contributed by atoms with van der Waals surface area (Å²) in [4.78, 5) is 38.7. The van der Waals surface area contributed by atoms with Crippen molar-refractivity contribution >= 4 is 44.6 Å². The van der Waals surface area contributed by atoms with Crippen LogP contribution in [0.3, 0.4) is 0 Å². The Morgan fingerprint density at radius 3 is 2.52 bits per heavy atom. The molecule has 0 aliphatic rings. The highest BCUT2D eigenvalue weighted by Crippen LogP contribution is 2.16. The number of carbonyl (C=O) groups is 3. The molecule has 0 bridgehead atoms. The number of nitrogens with one attached hydrogen (secondary N) is 2. The van der Waals surface area contributed by atoms with Crippen molar-refractivity contribution in [2.45, 2.75) is 11.8 Å². The second-order valence-electron chi connectivity index (χ2n) is 5.85. The van der Waals surface area contributed by atoms with Gasteiger partial charge in [-0.3, -0.25) is 9.59 Å². The van der Waals surface area contributed by atoms with E-state index in [1.54, 1.807) is 6.07 Å². The first-order chi connectivity index (χ1) is 13.7. The van der Waals surface area contributed by atoms with Gasteiger partial charge in [0.2, 0.25) is 5.91 Å². The van der Waals surface area contributed by atoms with Crippen molar-refractivity contribution in [2.24, 2.45) is 0 Å². The van der Waals surface area contributed by atoms with Gasteiger partial charge in [-0.1, -0.05) is 0 Å². The number of esters is 1. The van der Waals surface area contributed by atoms with E-state index in [9.17, 15) is 22.8 Å². The van der Waals surface area contributed by atoms with Crippen LogP contribution in [-0.2, 0) is 24.3 Å². The summed E-state index contributed by atoms with van der Waals surface area (Å²) in [6.07, 6.45) is 1.25. The minimum absolute atomic E-state index is 0.139. The summed E-state index contributed by atoms with van der Waals surface area (Å²) in [5.74, 6) is -2.04. The molecule has 1 heterocycles. The molecule has 2 amide bonds. The summed E-state index contributed by atoms with van der Waals surface area (Å²) in [6.45, 7) is 0.541. The van der Waals surface area contributed by atoms with Crippen LogP contribution in [0.15, 0.2) is 58.2 Å². The maximum Gasteiger partial charge on any atom is 0.338 e. The predicted molar refractivity (Wildman–Crippen MR) is 100 cm³/mol. The van der Waals surface area contributed by atoms with Gasteiger partial charge in [-0.15, -0.1) is 0 Å². The van der Waals surface area contributed by atoms with E-state index < -0.39 is 34.4 Å². The molecule has 0 atom stereocenters. The molecule has 0 fully saturated rings. The quantitative estimate of drug-likeness (QED) is 0.573. The molecule has 3 aromatic rings. The van der Waals surface area contributed by atoms with Crippen LogP contribution < -0.4 is 10.0 Å². The van der Waals surface area contributed by atoms with E-state index in [2.05, 4.69) is 10.3 Å². The van der Waals surface area contributed by atoms with Crippen LogP contribution in [0.5, 0.6) is 0 Å². The van der Waals surface area contributed by atoms with E-state index >= 15 is 0 Å². The smallest absolute Gasteiger partial charge is 0.338 e. The number of ether oxygens (including phenoxy) is 1. The lowest BCUT2D eigenvalue weighted by atomic mass is 10.2. The molecule has 0 saturated carbocycles. The molecule has 150 valence electrons. The Hall–Kier alpha value is -3.73. The van der Waals surface area contributed by atoms with Crippen LogP contribution in [-0.4, -0.2) is 37.8 Å². The van der Waals surface area contributed by atoms with E-state index in [0.717, 1.165) is 6.92 Å². The van der Waals surface area contributed by atoms with Crippen molar-refractivity contribution in [1.82, 2.24) is 9.71 Å². The predicted octanol–water partition coefficient (Wildman–Crippen LogP) is 1.45. The van der Waals surface area contributed by atoms with Gasteiger partial charge in [0.05, 0.1) is 10.5 Å². The molecule has 0 unspecified atom stereocenters. The highest BCUT2D eigenvalue weighted by atomic mass is 32.2. The molecule has 0 spiro atoms. The number of anilines is 1. The van der Waals surface area contributed by atoms with Gasteiger partial charge in [-0.05, 0) is 42.5 Å². The number of hydrogen-bond acceptors (Lipinski definition) is 8. The third-order valence-corrected chi connectivity index (χ3v) is 5.08. The van der Waals surface area contributed by atoms with Crippen molar-refractivity contribution in [3.8, 4) is 0 Å². The Morgan fingerprint density at radius 2 is 1.83 bits per heavy atom. The Kier molecular flexibility index (Phi) is 5.59. The van der Waals surface area contributed by atoms with Crippen LogP contribution in [0, 0.1) is 0 Å². The van der Waals surface area contributed by atoms with Gasteiger partial charge in [0.15, 0.2) is 18.6 Å². The van der Waals surface area contributed by atoms with E-state index in [4.69, 9.17) is 9.15 Å². The van der Waals surface area contributed by atoms with Crippen LogP contribution in [0.4, 0.5) is 5.69 Å². The zero-order valence-corrected chi connectivity index (χ0v) is 15.9. The Balaban J connectivity index is 1.56. The fourth-order valence-electron chi connectivity index (χ4n) is 2.36. The minimum atomic E-state index is -3.96. The van der Waals surface area contributed by atoms with Gasteiger partial charge in [-0.2, -0.15) is 0 Å². The van der Waals surface area contributed by atoms with E-state index in [0.29, 0.717) is 11.1 Å². The maximum absolute atomic E-state index is 12.0. The molecule has 29 heavy (non-hydrogen) atoms. The topological polar surface area (TPSA) is 145 Å². The number of rotatable bonds is 6. The summed E-state index contributed by atoms with van der Waals surface area (Å²) in [6, 6.07) is 9.66. The van der Waals surface area contributed by atoms with Crippen LogP contribution in [0.2, 0.25) is 0 Å². The van der Waals surface area contributed by atoms with E-state index in [1.165, 1.54) is 42.8 Å². The zero-order valence-electron chi connectivity index (χ0n) is 15.0. The number of carbonyl (C=O) groups excluding carboxylic acids is 3. The van der Waals surface area contributed by atoms with Crippen molar-refractivity contribution in [2.75, 3.05) is 11.9 Å². The summed E-state index contributed by atoms with van der Waals surface area (Å²) in [5, 5.41) is 2.47. The van der Waals surface area contributed by atoms with Gasteiger partial charge in [0.1, 0.15) is 5.52 Å². The molecular formula is C18H15N3O7S.